The highest BCUT2D eigenvalue weighted by atomic mass is 79.9. The van der Waals surface area contributed by atoms with Crippen molar-refractivity contribution in [2.75, 3.05) is 5.32 Å². The lowest BCUT2D eigenvalue weighted by molar-refractivity contribution is 0.831. The second-order valence-electron chi connectivity index (χ2n) is 4.67. The Labute approximate surface area is 122 Å². The summed E-state index contributed by atoms with van der Waals surface area (Å²) in [7, 11) is 0. The fourth-order valence-corrected chi connectivity index (χ4v) is 2.25. The van der Waals surface area contributed by atoms with Gasteiger partial charge in [0.2, 0.25) is 0 Å². The van der Waals surface area contributed by atoms with E-state index in [1.165, 1.54) is 11.1 Å². The molecule has 0 unspecified atom stereocenters. The highest BCUT2D eigenvalue weighted by Crippen LogP contribution is 2.20. The molecule has 2 rings (SSSR count). The molecule has 1 aromatic carbocycles. The molecule has 0 amide bonds. The zero-order valence-electron chi connectivity index (χ0n) is 11.5. The van der Waals surface area contributed by atoms with Crippen molar-refractivity contribution in [2.45, 2.75) is 33.6 Å². The van der Waals surface area contributed by atoms with Crippen LogP contribution in [0.5, 0.6) is 0 Å². The molecule has 100 valence electrons. The first-order chi connectivity index (χ1) is 9.08. The summed E-state index contributed by atoms with van der Waals surface area (Å²) in [4.78, 5) is 8.88. The van der Waals surface area contributed by atoms with E-state index in [9.17, 15) is 0 Å². The summed E-state index contributed by atoms with van der Waals surface area (Å²) in [6, 6.07) is 8.21. The van der Waals surface area contributed by atoms with Crippen LogP contribution in [0, 0.1) is 13.8 Å². The largest absolute Gasteiger partial charge is 0.340 e. The fourth-order valence-electron chi connectivity index (χ4n) is 1.83. The van der Waals surface area contributed by atoms with E-state index < -0.39 is 0 Å². The molecular formula is C15H18BrN3. The summed E-state index contributed by atoms with van der Waals surface area (Å²) in [6.07, 6.45) is 1.93. The van der Waals surface area contributed by atoms with Gasteiger partial charge < -0.3 is 5.32 Å². The highest BCUT2D eigenvalue weighted by Gasteiger charge is 2.03. The Morgan fingerprint density at radius 1 is 1.11 bits per heavy atom. The smallest absolute Gasteiger partial charge is 0.135 e. The van der Waals surface area contributed by atoms with Crippen molar-refractivity contribution in [3.63, 3.8) is 0 Å². The molecule has 1 aromatic heterocycles. The zero-order chi connectivity index (χ0) is 13.8. The van der Waals surface area contributed by atoms with Gasteiger partial charge in [-0.1, -0.05) is 13.0 Å². The van der Waals surface area contributed by atoms with Crippen molar-refractivity contribution in [3.05, 3.63) is 45.8 Å². The number of nitrogens with zero attached hydrogens (tertiary/aromatic N) is 2. The van der Waals surface area contributed by atoms with Crippen LogP contribution >= 0.6 is 15.9 Å². The summed E-state index contributed by atoms with van der Waals surface area (Å²) in [5, 5.41) is 3.33. The maximum Gasteiger partial charge on any atom is 0.135 e. The molecular weight excluding hydrogens is 302 g/mol. The number of hydrogen-bond donors (Lipinski definition) is 1. The third kappa shape index (κ3) is 3.77. The van der Waals surface area contributed by atoms with E-state index in [2.05, 4.69) is 70.2 Å². The quantitative estimate of drug-likeness (QED) is 0.840. The minimum atomic E-state index is 0.817. The van der Waals surface area contributed by atoms with Gasteiger partial charge in [-0.3, -0.25) is 0 Å². The van der Waals surface area contributed by atoms with Gasteiger partial charge in [0.25, 0.3) is 0 Å². The SMILES string of the molecule is CCCc1nc(Br)cc(Nc2ccc(C)c(C)c2)n1. The number of aryl methyl sites for hydroxylation is 3. The second-order valence-corrected chi connectivity index (χ2v) is 5.48. The molecule has 0 saturated heterocycles. The van der Waals surface area contributed by atoms with E-state index in [0.29, 0.717) is 0 Å². The Bertz CT molecular complexity index is 582. The summed E-state index contributed by atoms with van der Waals surface area (Å²) in [6.45, 7) is 6.35. The van der Waals surface area contributed by atoms with Gasteiger partial charge in [-0.15, -0.1) is 0 Å². The number of anilines is 2. The Kier molecular flexibility index (Phi) is 4.53. The summed E-state index contributed by atoms with van der Waals surface area (Å²) in [5.74, 6) is 1.69. The third-order valence-electron chi connectivity index (χ3n) is 2.99. The third-order valence-corrected chi connectivity index (χ3v) is 3.40. The number of halogens is 1. The van der Waals surface area contributed by atoms with Crippen molar-refractivity contribution in [3.8, 4) is 0 Å². The maximum atomic E-state index is 4.52. The summed E-state index contributed by atoms with van der Waals surface area (Å²) in [5.41, 5.74) is 3.61. The molecule has 2 aromatic rings. The molecule has 0 aliphatic heterocycles. The molecule has 0 atom stereocenters. The van der Waals surface area contributed by atoms with E-state index in [1.54, 1.807) is 0 Å². The van der Waals surface area contributed by atoms with Crippen molar-refractivity contribution < 1.29 is 0 Å². The standard InChI is InChI=1S/C15H18BrN3/c1-4-5-14-18-13(16)9-15(19-14)17-12-7-6-10(2)11(3)8-12/h6-9H,4-5H2,1-3H3,(H,17,18,19). The molecule has 0 aliphatic rings. The van der Waals surface area contributed by atoms with Gasteiger partial charge in [0.1, 0.15) is 16.2 Å². The molecule has 0 radical (unpaired) electrons. The predicted octanol–water partition coefficient (Wildman–Crippen LogP) is 4.55. The minimum Gasteiger partial charge on any atom is -0.340 e. The van der Waals surface area contributed by atoms with E-state index in [-0.39, 0.29) is 0 Å². The monoisotopic (exact) mass is 319 g/mol. The normalized spacial score (nSPS) is 10.5. The molecule has 19 heavy (non-hydrogen) atoms. The van der Waals surface area contributed by atoms with E-state index >= 15 is 0 Å². The molecule has 0 aliphatic carbocycles. The molecule has 4 heteroatoms. The number of benzene rings is 1. The first kappa shape index (κ1) is 14.0. The average molecular weight is 320 g/mol. The fraction of sp³-hybridized carbons (Fsp3) is 0.333. The van der Waals surface area contributed by atoms with Gasteiger partial charge in [0.15, 0.2) is 0 Å². The van der Waals surface area contributed by atoms with Gasteiger partial charge in [0.05, 0.1) is 0 Å². The number of rotatable bonds is 4. The Balaban J connectivity index is 2.24. The molecule has 3 nitrogen and oxygen atoms in total. The van der Waals surface area contributed by atoms with Crippen molar-refractivity contribution in [2.24, 2.45) is 0 Å². The average Bonchev–Trinajstić information content (AvgIpc) is 2.33. The zero-order valence-corrected chi connectivity index (χ0v) is 13.1. The van der Waals surface area contributed by atoms with Gasteiger partial charge >= 0.3 is 0 Å². The van der Waals surface area contributed by atoms with Crippen LogP contribution < -0.4 is 5.32 Å². The van der Waals surface area contributed by atoms with Crippen LogP contribution in [-0.2, 0) is 6.42 Å². The Hall–Kier alpha value is -1.42. The Morgan fingerprint density at radius 3 is 2.58 bits per heavy atom. The van der Waals surface area contributed by atoms with E-state index in [4.69, 9.17) is 0 Å². The topological polar surface area (TPSA) is 37.8 Å². The van der Waals surface area contributed by atoms with Crippen molar-refractivity contribution >= 4 is 27.4 Å². The van der Waals surface area contributed by atoms with Gasteiger partial charge in [-0.25, -0.2) is 9.97 Å². The van der Waals surface area contributed by atoms with Crippen LogP contribution in [0.2, 0.25) is 0 Å². The van der Waals surface area contributed by atoms with E-state index in [0.717, 1.165) is 34.8 Å². The molecule has 0 fully saturated rings. The van der Waals surface area contributed by atoms with Crippen molar-refractivity contribution in [1.29, 1.82) is 0 Å². The van der Waals surface area contributed by atoms with Crippen LogP contribution in [0.3, 0.4) is 0 Å². The first-order valence-electron chi connectivity index (χ1n) is 6.46. The van der Waals surface area contributed by atoms with Crippen LogP contribution in [0.1, 0.15) is 30.3 Å². The highest BCUT2D eigenvalue weighted by molar-refractivity contribution is 9.10. The molecule has 0 saturated carbocycles. The summed E-state index contributed by atoms with van der Waals surface area (Å²) >= 11 is 3.43. The van der Waals surface area contributed by atoms with E-state index in [1.807, 2.05) is 6.07 Å². The number of aromatic nitrogens is 2. The maximum absolute atomic E-state index is 4.52. The second kappa shape index (κ2) is 6.15. The van der Waals surface area contributed by atoms with Gasteiger partial charge in [-0.05, 0) is 59.5 Å². The first-order valence-corrected chi connectivity index (χ1v) is 7.25. The number of nitrogens with one attached hydrogen (secondary N) is 1. The minimum absolute atomic E-state index is 0.817. The lowest BCUT2D eigenvalue weighted by Gasteiger charge is -2.09. The van der Waals surface area contributed by atoms with Crippen LogP contribution in [-0.4, -0.2) is 9.97 Å². The van der Waals surface area contributed by atoms with Crippen LogP contribution in [0.4, 0.5) is 11.5 Å². The Morgan fingerprint density at radius 2 is 1.89 bits per heavy atom. The van der Waals surface area contributed by atoms with Gasteiger partial charge in [-0.2, -0.15) is 0 Å². The number of hydrogen-bond acceptors (Lipinski definition) is 3. The summed E-state index contributed by atoms with van der Waals surface area (Å²) < 4.78 is 0.817. The molecule has 0 spiro atoms. The van der Waals surface area contributed by atoms with Gasteiger partial charge in [0, 0.05) is 18.2 Å². The lowest BCUT2D eigenvalue weighted by atomic mass is 10.1. The van der Waals surface area contributed by atoms with Crippen LogP contribution in [0.15, 0.2) is 28.9 Å². The van der Waals surface area contributed by atoms with Crippen molar-refractivity contribution in [1.82, 2.24) is 9.97 Å². The molecule has 1 N–H and O–H groups in total. The predicted molar refractivity (Wildman–Crippen MR) is 82.9 cm³/mol. The van der Waals surface area contributed by atoms with Crippen LogP contribution in [0.25, 0.3) is 0 Å². The molecule has 0 bridgehead atoms. The molecule has 1 heterocycles. The lowest BCUT2D eigenvalue weighted by Crippen LogP contribution is -2.01.